The Morgan fingerprint density at radius 2 is 1.85 bits per heavy atom. The fourth-order valence-electron chi connectivity index (χ4n) is 3.54. The Balaban J connectivity index is 2.02. The van der Waals surface area contributed by atoms with Crippen molar-refractivity contribution in [2.75, 3.05) is 19.6 Å². The lowest BCUT2D eigenvalue weighted by molar-refractivity contribution is -0.896. The van der Waals surface area contributed by atoms with Gasteiger partial charge < -0.3 is 14.8 Å². The summed E-state index contributed by atoms with van der Waals surface area (Å²) in [5, 5.41) is 3.72. The fourth-order valence-corrected chi connectivity index (χ4v) is 3.54. The number of para-hydroxylation sites is 1. The highest BCUT2D eigenvalue weighted by Gasteiger charge is 2.25. The first-order valence-electron chi connectivity index (χ1n) is 9.63. The first-order chi connectivity index (χ1) is 12.4. The van der Waals surface area contributed by atoms with E-state index in [4.69, 9.17) is 0 Å². The summed E-state index contributed by atoms with van der Waals surface area (Å²) >= 11 is 0. The van der Waals surface area contributed by atoms with Crippen molar-refractivity contribution in [3.05, 3.63) is 35.5 Å². The smallest absolute Gasteiger partial charge is 0.292 e. The van der Waals surface area contributed by atoms with Crippen LogP contribution in [0.3, 0.4) is 0 Å². The lowest BCUT2D eigenvalue weighted by Crippen LogP contribution is -3.11. The summed E-state index contributed by atoms with van der Waals surface area (Å²) in [5.41, 5.74) is 2.31. The molecule has 0 radical (unpaired) electrons. The van der Waals surface area contributed by atoms with E-state index in [1.165, 1.54) is 0 Å². The van der Waals surface area contributed by atoms with Crippen LogP contribution in [0.4, 0.5) is 0 Å². The molecule has 2 N–H and O–H groups in total. The molecule has 0 bridgehead atoms. The third kappa shape index (κ3) is 4.33. The van der Waals surface area contributed by atoms with Crippen LogP contribution in [0, 0.1) is 6.92 Å². The lowest BCUT2D eigenvalue weighted by Gasteiger charge is -2.17. The normalized spacial score (nSPS) is 12.5. The van der Waals surface area contributed by atoms with Gasteiger partial charge in [0.15, 0.2) is 0 Å². The van der Waals surface area contributed by atoms with Crippen LogP contribution in [0.2, 0.25) is 0 Å². The molecule has 0 aliphatic heterocycles. The molecule has 0 spiro atoms. The number of carbonyl (C=O) groups excluding carboxylic acids is 2. The molecular formula is C21H32N3O2+. The Morgan fingerprint density at radius 3 is 2.50 bits per heavy atom. The zero-order valence-corrected chi connectivity index (χ0v) is 16.7. The van der Waals surface area contributed by atoms with Gasteiger partial charge in [-0.15, -0.1) is 0 Å². The summed E-state index contributed by atoms with van der Waals surface area (Å²) in [7, 11) is 1.92. The number of Topliss-reactive ketones (excluding diaryl/α,β-unsaturated/α-hetero) is 1. The van der Waals surface area contributed by atoms with Crippen molar-refractivity contribution in [1.82, 2.24) is 9.88 Å². The van der Waals surface area contributed by atoms with E-state index < -0.39 is 11.7 Å². The van der Waals surface area contributed by atoms with Crippen LogP contribution in [0.5, 0.6) is 0 Å². The zero-order valence-electron chi connectivity index (χ0n) is 16.7. The number of nitrogens with zero attached hydrogens (tertiary/aromatic N) is 1. The molecule has 0 unspecified atom stereocenters. The van der Waals surface area contributed by atoms with E-state index in [-0.39, 0.29) is 6.04 Å². The van der Waals surface area contributed by atoms with Crippen molar-refractivity contribution < 1.29 is 14.5 Å². The number of carbonyl (C=O) groups is 2. The molecule has 0 aliphatic rings. The van der Waals surface area contributed by atoms with Crippen molar-refractivity contribution in [2.24, 2.45) is 7.05 Å². The fraction of sp³-hybridized carbons (Fsp3) is 0.524. The average Bonchev–Trinajstić information content (AvgIpc) is 2.89. The summed E-state index contributed by atoms with van der Waals surface area (Å²) in [6, 6.07) is 7.70. The molecule has 1 heterocycles. The Hall–Kier alpha value is -2.14. The van der Waals surface area contributed by atoms with Gasteiger partial charge in [0, 0.05) is 29.7 Å². The summed E-state index contributed by atoms with van der Waals surface area (Å²) in [4.78, 5) is 26.8. The summed E-state index contributed by atoms with van der Waals surface area (Å²) in [6.07, 6.45) is 1.93. The molecule has 142 valence electrons. The number of aryl methyl sites for hydroxylation is 1. The molecule has 1 aromatic carbocycles. The lowest BCUT2D eigenvalue weighted by atomic mass is 10.1. The van der Waals surface area contributed by atoms with Gasteiger partial charge in [-0.1, -0.05) is 18.2 Å². The first-order valence-corrected chi connectivity index (χ1v) is 9.63. The molecule has 5 nitrogen and oxygen atoms in total. The first kappa shape index (κ1) is 20.2. The molecule has 5 heteroatoms. The third-order valence-corrected chi connectivity index (χ3v) is 5.38. The predicted octanol–water partition coefficient (Wildman–Crippen LogP) is 1.88. The van der Waals surface area contributed by atoms with E-state index in [2.05, 4.69) is 19.2 Å². The van der Waals surface area contributed by atoms with E-state index in [9.17, 15) is 9.59 Å². The van der Waals surface area contributed by atoms with E-state index in [0.717, 1.165) is 49.1 Å². The van der Waals surface area contributed by atoms with E-state index in [1.54, 1.807) is 4.90 Å². The van der Waals surface area contributed by atoms with Crippen LogP contribution < -0.4 is 10.2 Å². The molecule has 1 amide bonds. The molecule has 1 aromatic heterocycles. The molecule has 26 heavy (non-hydrogen) atoms. The number of fused-ring (bicyclic) bond motifs is 1. The second-order valence-electron chi connectivity index (χ2n) is 7.09. The highest BCUT2D eigenvalue weighted by atomic mass is 16.2. The average molecular weight is 359 g/mol. The highest BCUT2D eigenvalue weighted by molar-refractivity contribution is 6.45. The predicted molar refractivity (Wildman–Crippen MR) is 106 cm³/mol. The second-order valence-corrected chi connectivity index (χ2v) is 7.09. The number of ketones is 1. The van der Waals surface area contributed by atoms with Crippen LogP contribution in [0.25, 0.3) is 10.9 Å². The maximum absolute atomic E-state index is 12.8. The van der Waals surface area contributed by atoms with Crippen molar-refractivity contribution >= 4 is 22.6 Å². The quantitative estimate of drug-likeness (QED) is 0.531. The van der Waals surface area contributed by atoms with Gasteiger partial charge in [0.2, 0.25) is 0 Å². The van der Waals surface area contributed by atoms with Crippen LogP contribution in [-0.4, -0.2) is 41.9 Å². The van der Waals surface area contributed by atoms with Gasteiger partial charge in [0.25, 0.3) is 11.7 Å². The maximum Gasteiger partial charge on any atom is 0.292 e. The molecule has 1 atom stereocenters. The third-order valence-electron chi connectivity index (χ3n) is 5.38. The monoisotopic (exact) mass is 358 g/mol. The Bertz CT molecular complexity index is 775. The number of hydrogen-bond donors (Lipinski definition) is 2. The van der Waals surface area contributed by atoms with E-state index in [0.29, 0.717) is 5.56 Å². The second kappa shape index (κ2) is 8.99. The minimum Gasteiger partial charge on any atom is -0.347 e. The minimum atomic E-state index is -0.507. The molecule has 0 fully saturated rings. The van der Waals surface area contributed by atoms with E-state index in [1.807, 2.05) is 49.7 Å². The van der Waals surface area contributed by atoms with Crippen molar-refractivity contribution in [3.8, 4) is 0 Å². The van der Waals surface area contributed by atoms with E-state index >= 15 is 0 Å². The molecule has 2 aromatic rings. The van der Waals surface area contributed by atoms with Gasteiger partial charge >= 0.3 is 0 Å². The molecule has 0 aliphatic carbocycles. The number of quaternary nitrogens is 1. The topological polar surface area (TPSA) is 55.5 Å². The van der Waals surface area contributed by atoms with Crippen LogP contribution in [0.1, 0.15) is 49.7 Å². The van der Waals surface area contributed by atoms with Crippen molar-refractivity contribution in [3.63, 3.8) is 0 Å². The largest absolute Gasteiger partial charge is 0.347 e. The molecule has 0 saturated heterocycles. The molecular weight excluding hydrogens is 326 g/mol. The van der Waals surface area contributed by atoms with Gasteiger partial charge in [-0.05, 0) is 46.6 Å². The number of hydrogen-bond acceptors (Lipinski definition) is 2. The molecule has 2 rings (SSSR count). The summed E-state index contributed by atoms with van der Waals surface area (Å²) in [6.45, 7) is 11.6. The minimum absolute atomic E-state index is 0.00306. The Kier molecular flexibility index (Phi) is 6.98. The van der Waals surface area contributed by atoms with Gasteiger partial charge in [0.05, 0.1) is 25.2 Å². The number of benzene rings is 1. The van der Waals surface area contributed by atoms with Gasteiger partial charge in [-0.2, -0.15) is 0 Å². The van der Waals surface area contributed by atoms with Crippen molar-refractivity contribution in [2.45, 2.75) is 46.6 Å². The number of rotatable bonds is 9. The maximum atomic E-state index is 12.8. The van der Waals surface area contributed by atoms with Crippen molar-refractivity contribution in [1.29, 1.82) is 0 Å². The summed E-state index contributed by atoms with van der Waals surface area (Å²) < 4.78 is 1.96. The Labute approximate surface area is 156 Å². The Morgan fingerprint density at radius 1 is 1.19 bits per heavy atom. The number of nitrogens with one attached hydrogen (secondary N) is 2. The van der Waals surface area contributed by atoms with Crippen LogP contribution in [0.15, 0.2) is 24.3 Å². The number of aromatic nitrogens is 1. The highest BCUT2D eigenvalue weighted by Crippen LogP contribution is 2.25. The number of amides is 1. The molecule has 0 saturated carbocycles. The van der Waals surface area contributed by atoms with Gasteiger partial charge in [-0.25, -0.2) is 0 Å². The van der Waals surface area contributed by atoms with Crippen LogP contribution in [-0.2, 0) is 11.8 Å². The van der Waals surface area contributed by atoms with Gasteiger partial charge in [0.1, 0.15) is 0 Å². The van der Waals surface area contributed by atoms with Gasteiger partial charge in [-0.3, -0.25) is 9.59 Å². The standard InChI is InChI=1S/C21H31N3O2/c1-6-24(7-2)14-10-11-15(3)22-21(26)20(25)19-16(4)23(5)18-13-9-8-12-17(18)19/h8-9,12-13,15H,6-7,10-11,14H2,1-5H3,(H,22,26)/p+1/t15-/m0/s1. The zero-order chi connectivity index (χ0) is 19.3. The van der Waals surface area contributed by atoms with Crippen LogP contribution >= 0.6 is 0 Å². The SMILES string of the molecule is CC[NH+](CC)CCC[C@H](C)NC(=O)C(=O)c1c(C)n(C)c2ccccc12. The summed E-state index contributed by atoms with van der Waals surface area (Å²) in [5.74, 6) is -0.951.